The molecule has 1 aromatic heterocycles. The fourth-order valence-corrected chi connectivity index (χ4v) is 1.42. The molecular formula is C7H3Cl2F2NO2. The minimum atomic E-state index is -3.10. The Hall–Kier alpha value is -0.940. The first-order valence-electron chi connectivity index (χ1n) is 3.34. The number of carbonyl (C=O) groups excluding carboxylic acids is 1. The highest BCUT2D eigenvalue weighted by atomic mass is 35.5. The molecule has 0 saturated carbocycles. The fourth-order valence-electron chi connectivity index (χ4n) is 0.929. The summed E-state index contributed by atoms with van der Waals surface area (Å²) in [7, 11) is 0. The van der Waals surface area contributed by atoms with Gasteiger partial charge < -0.3 is 4.98 Å². The molecule has 0 saturated heterocycles. The van der Waals surface area contributed by atoms with Crippen molar-refractivity contribution in [3.05, 3.63) is 32.7 Å². The van der Waals surface area contributed by atoms with Crippen molar-refractivity contribution in [1.29, 1.82) is 0 Å². The van der Waals surface area contributed by atoms with Crippen LogP contribution in [0.4, 0.5) is 8.78 Å². The molecule has 14 heavy (non-hydrogen) atoms. The maximum absolute atomic E-state index is 12.3. The second kappa shape index (κ2) is 4.06. The number of alkyl halides is 2. The standard InChI is InChI=1S/C7H3Cl2F2NO2/c8-2-1-12-7(14)4(6(10)11)3(2)5(9)13/h1,6H,(H,12,14). The van der Waals surface area contributed by atoms with Gasteiger partial charge in [0.1, 0.15) is 0 Å². The molecule has 3 nitrogen and oxygen atoms in total. The minimum absolute atomic E-state index is 0.306. The van der Waals surface area contributed by atoms with Crippen LogP contribution in [0.15, 0.2) is 11.0 Å². The van der Waals surface area contributed by atoms with Gasteiger partial charge in [-0.1, -0.05) is 11.6 Å². The summed E-state index contributed by atoms with van der Waals surface area (Å²) in [6, 6.07) is 0. The molecule has 7 heteroatoms. The number of H-pyrrole nitrogens is 1. The summed E-state index contributed by atoms with van der Waals surface area (Å²) in [5.41, 5.74) is -2.72. The number of halogens is 4. The molecule has 1 heterocycles. The summed E-state index contributed by atoms with van der Waals surface area (Å²) in [5.74, 6) is 0. The molecule has 0 spiro atoms. The quantitative estimate of drug-likeness (QED) is 0.809. The fraction of sp³-hybridized carbons (Fsp3) is 0.143. The van der Waals surface area contributed by atoms with Crippen molar-refractivity contribution in [2.45, 2.75) is 6.43 Å². The number of nitrogens with one attached hydrogen (secondary N) is 1. The van der Waals surface area contributed by atoms with E-state index in [1.165, 1.54) is 0 Å². The molecule has 0 aliphatic rings. The van der Waals surface area contributed by atoms with Crippen LogP contribution in [-0.4, -0.2) is 10.2 Å². The Morgan fingerprint density at radius 2 is 2.07 bits per heavy atom. The van der Waals surface area contributed by atoms with Crippen LogP contribution in [0.25, 0.3) is 0 Å². The van der Waals surface area contributed by atoms with Gasteiger partial charge in [-0.3, -0.25) is 9.59 Å². The second-order valence-electron chi connectivity index (χ2n) is 2.33. The first-order valence-corrected chi connectivity index (χ1v) is 4.09. The summed E-state index contributed by atoms with van der Waals surface area (Å²) in [6.45, 7) is 0. The van der Waals surface area contributed by atoms with Gasteiger partial charge in [-0.15, -0.1) is 0 Å². The van der Waals surface area contributed by atoms with Crippen molar-refractivity contribution in [1.82, 2.24) is 4.98 Å². The lowest BCUT2D eigenvalue weighted by atomic mass is 10.1. The van der Waals surface area contributed by atoms with E-state index in [4.69, 9.17) is 23.2 Å². The van der Waals surface area contributed by atoms with Gasteiger partial charge in [0.25, 0.3) is 17.2 Å². The lowest BCUT2D eigenvalue weighted by Gasteiger charge is -2.04. The van der Waals surface area contributed by atoms with Gasteiger partial charge in [-0.05, 0) is 11.6 Å². The second-order valence-corrected chi connectivity index (χ2v) is 3.08. The molecule has 1 aromatic rings. The average molecular weight is 242 g/mol. The Kier molecular flexibility index (Phi) is 3.23. The summed E-state index contributed by atoms with van der Waals surface area (Å²) in [4.78, 5) is 23.6. The molecule has 0 unspecified atom stereocenters. The average Bonchev–Trinajstić information content (AvgIpc) is 2.07. The van der Waals surface area contributed by atoms with Crippen LogP contribution in [0.2, 0.25) is 5.02 Å². The number of pyridine rings is 1. The van der Waals surface area contributed by atoms with E-state index in [0.717, 1.165) is 6.20 Å². The topological polar surface area (TPSA) is 49.9 Å². The van der Waals surface area contributed by atoms with Crippen LogP contribution in [0.5, 0.6) is 0 Å². The molecule has 0 atom stereocenters. The van der Waals surface area contributed by atoms with Crippen LogP contribution < -0.4 is 5.56 Å². The van der Waals surface area contributed by atoms with Crippen molar-refractivity contribution in [2.75, 3.05) is 0 Å². The van der Waals surface area contributed by atoms with E-state index < -0.39 is 28.4 Å². The van der Waals surface area contributed by atoms with E-state index in [2.05, 4.69) is 0 Å². The molecule has 0 amide bonds. The van der Waals surface area contributed by atoms with Crippen molar-refractivity contribution in [3.63, 3.8) is 0 Å². The van der Waals surface area contributed by atoms with Crippen LogP contribution in [0.1, 0.15) is 22.3 Å². The number of hydrogen-bond acceptors (Lipinski definition) is 2. The highest BCUT2D eigenvalue weighted by Gasteiger charge is 2.23. The number of rotatable bonds is 2. The zero-order valence-electron chi connectivity index (χ0n) is 6.48. The van der Waals surface area contributed by atoms with E-state index in [-0.39, 0.29) is 5.02 Å². The molecule has 1 rings (SSSR count). The molecule has 0 aliphatic heterocycles. The molecule has 0 bridgehead atoms. The number of aromatic amines is 1. The first kappa shape index (κ1) is 11.1. The van der Waals surface area contributed by atoms with Crippen molar-refractivity contribution < 1.29 is 13.6 Å². The van der Waals surface area contributed by atoms with Crippen LogP contribution in [0.3, 0.4) is 0 Å². The molecule has 0 aromatic carbocycles. The van der Waals surface area contributed by atoms with Crippen LogP contribution in [-0.2, 0) is 0 Å². The van der Waals surface area contributed by atoms with Gasteiger partial charge in [0.15, 0.2) is 0 Å². The Morgan fingerprint density at radius 3 is 2.43 bits per heavy atom. The Bertz CT molecular complexity index is 430. The smallest absolute Gasteiger partial charge is 0.269 e. The zero-order valence-corrected chi connectivity index (χ0v) is 7.99. The first-order chi connectivity index (χ1) is 6.45. The van der Waals surface area contributed by atoms with Crippen molar-refractivity contribution in [3.8, 4) is 0 Å². The predicted molar refractivity (Wildman–Crippen MR) is 47.2 cm³/mol. The molecule has 0 radical (unpaired) electrons. The maximum atomic E-state index is 12.3. The van der Waals surface area contributed by atoms with Gasteiger partial charge in [0, 0.05) is 6.20 Å². The molecule has 0 aliphatic carbocycles. The third-order valence-corrected chi connectivity index (χ3v) is 1.98. The SMILES string of the molecule is O=C(Cl)c1c(Cl)c[nH]c(=O)c1C(F)F. The summed E-state index contributed by atoms with van der Waals surface area (Å²) >= 11 is 10.5. The molecule has 0 fully saturated rings. The van der Waals surface area contributed by atoms with Crippen LogP contribution >= 0.6 is 23.2 Å². The minimum Gasteiger partial charge on any atom is -0.327 e. The molecule has 1 N–H and O–H groups in total. The van der Waals surface area contributed by atoms with Gasteiger partial charge >= 0.3 is 0 Å². The number of carbonyl (C=O) groups is 1. The highest BCUT2D eigenvalue weighted by Crippen LogP contribution is 2.25. The molecular weight excluding hydrogens is 239 g/mol. The van der Waals surface area contributed by atoms with Gasteiger partial charge in [-0.25, -0.2) is 8.78 Å². The van der Waals surface area contributed by atoms with Crippen molar-refractivity contribution in [2.24, 2.45) is 0 Å². The summed E-state index contributed by atoms with van der Waals surface area (Å²) < 4.78 is 24.7. The van der Waals surface area contributed by atoms with Crippen molar-refractivity contribution >= 4 is 28.4 Å². The van der Waals surface area contributed by atoms with E-state index in [9.17, 15) is 18.4 Å². The normalized spacial score (nSPS) is 10.6. The molecule has 76 valence electrons. The van der Waals surface area contributed by atoms with Gasteiger partial charge in [-0.2, -0.15) is 0 Å². The zero-order chi connectivity index (χ0) is 10.9. The Labute approximate surface area is 86.6 Å². The summed E-state index contributed by atoms with van der Waals surface area (Å²) in [6.07, 6.45) is -2.17. The van der Waals surface area contributed by atoms with Gasteiger partial charge in [0.05, 0.1) is 16.1 Å². The predicted octanol–water partition coefficient (Wildman–Crippen LogP) is 2.34. The Morgan fingerprint density at radius 1 is 1.50 bits per heavy atom. The lowest BCUT2D eigenvalue weighted by molar-refractivity contribution is 0.106. The van der Waals surface area contributed by atoms with E-state index >= 15 is 0 Å². The third kappa shape index (κ3) is 1.93. The maximum Gasteiger partial charge on any atom is 0.269 e. The Balaban J connectivity index is 3.58. The van der Waals surface area contributed by atoms with E-state index in [1.54, 1.807) is 0 Å². The lowest BCUT2D eigenvalue weighted by Crippen LogP contribution is -2.17. The van der Waals surface area contributed by atoms with E-state index in [0.29, 0.717) is 0 Å². The van der Waals surface area contributed by atoms with Crippen LogP contribution in [0, 0.1) is 0 Å². The summed E-state index contributed by atoms with van der Waals surface area (Å²) in [5, 5.41) is -1.49. The number of aromatic nitrogens is 1. The van der Waals surface area contributed by atoms with Gasteiger partial charge in [0.2, 0.25) is 0 Å². The third-order valence-electron chi connectivity index (χ3n) is 1.50. The number of hydrogen-bond donors (Lipinski definition) is 1. The monoisotopic (exact) mass is 241 g/mol. The largest absolute Gasteiger partial charge is 0.327 e. The highest BCUT2D eigenvalue weighted by molar-refractivity contribution is 6.69. The van der Waals surface area contributed by atoms with E-state index in [1.807, 2.05) is 4.98 Å².